The largest absolute Gasteiger partial charge is 0.463 e. The van der Waals surface area contributed by atoms with Gasteiger partial charge in [0.25, 0.3) is 0 Å². The van der Waals surface area contributed by atoms with Gasteiger partial charge in [-0.25, -0.2) is 8.42 Å². The predicted molar refractivity (Wildman–Crippen MR) is 104 cm³/mol. The second-order valence-electron chi connectivity index (χ2n) is 8.51. The van der Waals surface area contributed by atoms with E-state index < -0.39 is 14.6 Å². The Morgan fingerprint density at radius 2 is 1.96 bits per heavy atom. The van der Waals surface area contributed by atoms with Gasteiger partial charge in [-0.3, -0.25) is 9.89 Å². The van der Waals surface area contributed by atoms with Gasteiger partial charge in [0.2, 0.25) is 0 Å². The van der Waals surface area contributed by atoms with E-state index in [2.05, 4.69) is 10.2 Å². The van der Waals surface area contributed by atoms with E-state index in [0.717, 1.165) is 31.4 Å². The molecule has 0 amide bonds. The topological polar surface area (TPSA) is 93.0 Å². The summed E-state index contributed by atoms with van der Waals surface area (Å²) in [4.78, 5) is 12.6. The zero-order valence-electron chi connectivity index (χ0n) is 16.2. The summed E-state index contributed by atoms with van der Waals surface area (Å²) in [6.07, 6.45) is 5.04. The average molecular weight is 393 g/mol. The Morgan fingerprint density at radius 1 is 1.26 bits per heavy atom. The van der Waals surface area contributed by atoms with Gasteiger partial charge in [0.15, 0.2) is 15.6 Å². The van der Waals surface area contributed by atoms with Gasteiger partial charge in [0, 0.05) is 18.0 Å². The van der Waals surface area contributed by atoms with E-state index in [0.29, 0.717) is 17.9 Å². The SMILES string of the molecule is CC(C)(C)S(=O)(=O)CC1CCC(C(=O)Cc2cc(-c3ccco3)n[nH]2)CC1. The molecule has 1 N–H and O–H groups in total. The Kier molecular flexibility index (Phi) is 5.60. The van der Waals surface area contributed by atoms with Gasteiger partial charge in [-0.1, -0.05) is 0 Å². The summed E-state index contributed by atoms with van der Waals surface area (Å²) in [5.41, 5.74) is 1.47. The van der Waals surface area contributed by atoms with Crippen molar-refractivity contribution in [2.75, 3.05) is 5.75 Å². The first-order chi connectivity index (χ1) is 12.7. The lowest BCUT2D eigenvalue weighted by molar-refractivity contribution is -0.123. The molecule has 0 bridgehead atoms. The summed E-state index contributed by atoms with van der Waals surface area (Å²) < 4.78 is 29.4. The first-order valence-electron chi connectivity index (χ1n) is 9.49. The van der Waals surface area contributed by atoms with Crippen LogP contribution in [0.2, 0.25) is 0 Å². The van der Waals surface area contributed by atoms with Crippen LogP contribution >= 0.6 is 0 Å². The molecule has 0 spiro atoms. The number of nitrogens with zero attached hydrogens (tertiary/aromatic N) is 1. The third-order valence-electron chi connectivity index (χ3n) is 5.46. The average Bonchev–Trinajstić information content (AvgIpc) is 3.25. The van der Waals surface area contributed by atoms with E-state index in [1.54, 1.807) is 33.1 Å². The maximum absolute atomic E-state index is 12.6. The van der Waals surface area contributed by atoms with E-state index in [9.17, 15) is 13.2 Å². The van der Waals surface area contributed by atoms with Gasteiger partial charge < -0.3 is 4.42 Å². The van der Waals surface area contributed by atoms with Gasteiger partial charge in [0.05, 0.1) is 16.8 Å². The lowest BCUT2D eigenvalue weighted by Crippen LogP contribution is -2.35. The molecule has 2 aromatic heterocycles. The Labute approximate surface area is 160 Å². The molecule has 1 aliphatic rings. The highest BCUT2D eigenvalue weighted by atomic mass is 32.2. The number of hydrogen-bond donors (Lipinski definition) is 1. The van der Waals surface area contributed by atoms with Gasteiger partial charge in [0.1, 0.15) is 11.5 Å². The molecule has 0 atom stereocenters. The third-order valence-corrected chi connectivity index (χ3v) is 8.24. The van der Waals surface area contributed by atoms with Crippen molar-refractivity contribution < 1.29 is 17.6 Å². The number of sulfone groups is 1. The molecular weight excluding hydrogens is 364 g/mol. The van der Waals surface area contributed by atoms with Gasteiger partial charge in [-0.2, -0.15) is 5.10 Å². The molecule has 6 nitrogen and oxygen atoms in total. The number of ketones is 1. The highest BCUT2D eigenvalue weighted by molar-refractivity contribution is 7.92. The van der Waals surface area contributed by atoms with Crippen LogP contribution in [0.3, 0.4) is 0 Å². The fourth-order valence-corrected chi connectivity index (χ4v) is 5.00. The number of aromatic nitrogens is 2. The molecule has 0 aromatic carbocycles. The number of rotatable bonds is 6. The molecule has 2 aromatic rings. The van der Waals surface area contributed by atoms with Crippen molar-refractivity contribution in [3.8, 4) is 11.5 Å². The Bertz CT molecular complexity index is 867. The van der Waals surface area contributed by atoms with Gasteiger partial charge in [-0.05, 0) is 70.6 Å². The minimum atomic E-state index is -3.11. The van der Waals surface area contributed by atoms with Crippen molar-refractivity contribution >= 4 is 15.6 Å². The predicted octanol–water partition coefficient (Wildman–Crippen LogP) is 3.80. The minimum absolute atomic E-state index is 0.00829. The van der Waals surface area contributed by atoms with Gasteiger partial charge in [-0.15, -0.1) is 0 Å². The zero-order chi connectivity index (χ0) is 19.7. The van der Waals surface area contributed by atoms with E-state index >= 15 is 0 Å². The third kappa shape index (κ3) is 4.69. The molecule has 2 heterocycles. The van der Waals surface area contributed by atoms with Crippen molar-refractivity contribution in [3.05, 3.63) is 30.2 Å². The van der Waals surface area contributed by atoms with Crippen LogP contribution in [0.25, 0.3) is 11.5 Å². The Hall–Kier alpha value is -1.89. The maximum atomic E-state index is 12.6. The second-order valence-corrected chi connectivity index (χ2v) is 11.3. The molecule has 0 unspecified atom stereocenters. The number of nitrogens with one attached hydrogen (secondary N) is 1. The van der Waals surface area contributed by atoms with Crippen molar-refractivity contribution in [2.24, 2.45) is 11.8 Å². The minimum Gasteiger partial charge on any atom is -0.463 e. The summed E-state index contributed by atoms with van der Waals surface area (Å²) in [6, 6.07) is 5.47. The smallest absolute Gasteiger partial charge is 0.155 e. The molecule has 7 heteroatoms. The molecule has 0 saturated heterocycles. The number of carbonyl (C=O) groups excluding carboxylic acids is 1. The van der Waals surface area contributed by atoms with Crippen molar-refractivity contribution in [2.45, 2.75) is 57.6 Å². The lowest BCUT2D eigenvalue weighted by Gasteiger charge is -2.29. The molecule has 3 rings (SSSR count). The molecule has 148 valence electrons. The number of carbonyl (C=O) groups is 1. The van der Waals surface area contributed by atoms with E-state index in [4.69, 9.17) is 4.42 Å². The maximum Gasteiger partial charge on any atom is 0.155 e. The van der Waals surface area contributed by atoms with E-state index in [1.807, 2.05) is 12.1 Å². The van der Waals surface area contributed by atoms with Crippen LogP contribution in [0.4, 0.5) is 0 Å². The monoisotopic (exact) mass is 392 g/mol. The van der Waals surface area contributed by atoms with Crippen LogP contribution in [0.15, 0.2) is 28.9 Å². The molecule has 1 fully saturated rings. The molecule has 0 aliphatic heterocycles. The number of aromatic amines is 1. The standard InChI is InChI=1S/C20H28N2O4S/c1-20(2,3)27(24,25)13-14-6-8-15(9-7-14)18(23)12-16-11-17(22-21-16)19-5-4-10-26-19/h4-5,10-11,14-15H,6-9,12-13H2,1-3H3,(H,21,22). The van der Waals surface area contributed by atoms with Gasteiger partial charge >= 0.3 is 0 Å². The van der Waals surface area contributed by atoms with E-state index in [-0.39, 0.29) is 23.4 Å². The van der Waals surface area contributed by atoms with Crippen LogP contribution in [0.5, 0.6) is 0 Å². The molecule has 0 radical (unpaired) electrons. The van der Waals surface area contributed by atoms with Crippen molar-refractivity contribution in [1.82, 2.24) is 10.2 Å². The quantitative estimate of drug-likeness (QED) is 0.807. The Morgan fingerprint density at radius 3 is 2.56 bits per heavy atom. The fourth-order valence-electron chi connectivity index (χ4n) is 3.55. The summed E-state index contributed by atoms with van der Waals surface area (Å²) in [7, 11) is -3.11. The highest BCUT2D eigenvalue weighted by Gasteiger charge is 2.34. The van der Waals surface area contributed by atoms with Crippen LogP contribution in [0.1, 0.15) is 52.1 Å². The molecule has 1 aliphatic carbocycles. The van der Waals surface area contributed by atoms with Crippen LogP contribution in [-0.4, -0.2) is 34.9 Å². The summed E-state index contributed by atoms with van der Waals surface area (Å²) in [6.45, 7) is 5.25. The summed E-state index contributed by atoms with van der Waals surface area (Å²) in [5, 5.41) is 7.10. The highest BCUT2D eigenvalue weighted by Crippen LogP contribution is 2.33. The fraction of sp³-hybridized carbons (Fsp3) is 0.600. The van der Waals surface area contributed by atoms with Crippen LogP contribution in [0, 0.1) is 11.8 Å². The van der Waals surface area contributed by atoms with Crippen molar-refractivity contribution in [3.63, 3.8) is 0 Å². The Balaban J connectivity index is 1.52. The molecule has 27 heavy (non-hydrogen) atoms. The molecule has 1 saturated carbocycles. The van der Waals surface area contributed by atoms with Crippen molar-refractivity contribution in [1.29, 1.82) is 0 Å². The lowest BCUT2D eigenvalue weighted by atomic mass is 9.80. The number of hydrogen-bond acceptors (Lipinski definition) is 5. The number of H-pyrrole nitrogens is 1. The molecular formula is C20H28N2O4S. The number of Topliss-reactive ketones (excluding diaryl/α,β-unsaturated/α-hetero) is 1. The van der Waals surface area contributed by atoms with Crippen LogP contribution < -0.4 is 0 Å². The first kappa shape index (κ1) is 19.9. The summed E-state index contributed by atoms with van der Waals surface area (Å²) >= 11 is 0. The normalized spacial score (nSPS) is 21.3. The zero-order valence-corrected chi connectivity index (χ0v) is 17.0. The summed E-state index contributed by atoms with van der Waals surface area (Å²) in [5.74, 6) is 1.27. The van der Waals surface area contributed by atoms with Crippen LogP contribution in [-0.2, 0) is 21.1 Å². The van der Waals surface area contributed by atoms with E-state index in [1.165, 1.54) is 0 Å². The number of furan rings is 1. The first-order valence-corrected chi connectivity index (χ1v) is 11.1. The second kappa shape index (κ2) is 7.62.